The smallest absolute Gasteiger partial charge is 0.123 e. The van der Waals surface area contributed by atoms with Crippen LogP contribution in [0.15, 0.2) is 18.2 Å². The molecule has 1 rings (SSSR count). The first-order valence-corrected chi connectivity index (χ1v) is 5.93. The van der Waals surface area contributed by atoms with Gasteiger partial charge in [0, 0.05) is 6.54 Å². The summed E-state index contributed by atoms with van der Waals surface area (Å²) in [5.41, 5.74) is 1.26. The van der Waals surface area contributed by atoms with Crippen molar-refractivity contribution < 1.29 is 4.39 Å². The van der Waals surface area contributed by atoms with Crippen molar-refractivity contribution in [2.24, 2.45) is 11.8 Å². The Balaban J connectivity index is 2.57. The summed E-state index contributed by atoms with van der Waals surface area (Å²) in [4.78, 5) is 0. The molecule has 1 N–H and O–H groups in total. The lowest BCUT2D eigenvalue weighted by atomic mass is 9.98. The van der Waals surface area contributed by atoms with E-state index in [2.05, 4.69) is 32.2 Å². The van der Waals surface area contributed by atoms with E-state index in [0.717, 1.165) is 12.1 Å². The SMILES string of the molecule is CC(C)C(C)CNCc1cc(F)ccc1C#N. The van der Waals surface area contributed by atoms with Gasteiger partial charge >= 0.3 is 0 Å². The molecule has 0 aliphatic carbocycles. The summed E-state index contributed by atoms with van der Waals surface area (Å²) in [7, 11) is 0. The van der Waals surface area contributed by atoms with Gasteiger partial charge in [0.1, 0.15) is 5.82 Å². The maximum Gasteiger partial charge on any atom is 0.123 e. The molecule has 0 aliphatic heterocycles. The van der Waals surface area contributed by atoms with Gasteiger partial charge in [-0.2, -0.15) is 5.26 Å². The molecule has 0 radical (unpaired) electrons. The number of hydrogen-bond donors (Lipinski definition) is 1. The van der Waals surface area contributed by atoms with Crippen molar-refractivity contribution in [3.05, 3.63) is 35.1 Å². The average Bonchev–Trinajstić information content (AvgIpc) is 2.29. The summed E-state index contributed by atoms with van der Waals surface area (Å²) >= 11 is 0. The summed E-state index contributed by atoms with van der Waals surface area (Å²) in [6.45, 7) is 7.94. The molecule has 1 atom stereocenters. The molecule has 0 heterocycles. The van der Waals surface area contributed by atoms with Crippen LogP contribution in [-0.4, -0.2) is 6.54 Å². The van der Waals surface area contributed by atoms with E-state index in [1.807, 2.05) is 0 Å². The Hall–Kier alpha value is -1.40. The second kappa shape index (κ2) is 6.36. The van der Waals surface area contributed by atoms with Gasteiger partial charge in [0.05, 0.1) is 11.6 Å². The lowest BCUT2D eigenvalue weighted by Crippen LogP contribution is -2.24. The van der Waals surface area contributed by atoms with E-state index >= 15 is 0 Å². The minimum Gasteiger partial charge on any atom is -0.312 e. The van der Waals surface area contributed by atoms with Gasteiger partial charge in [0.25, 0.3) is 0 Å². The first-order valence-electron chi connectivity index (χ1n) is 5.93. The monoisotopic (exact) mass is 234 g/mol. The molecule has 1 aromatic carbocycles. The Morgan fingerprint density at radius 2 is 2.06 bits per heavy atom. The third kappa shape index (κ3) is 4.16. The molecule has 1 unspecified atom stereocenters. The molecular weight excluding hydrogens is 215 g/mol. The molecule has 0 aromatic heterocycles. The lowest BCUT2D eigenvalue weighted by Gasteiger charge is -2.16. The predicted octanol–water partition coefficient (Wildman–Crippen LogP) is 3.08. The van der Waals surface area contributed by atoms with E-state index in [1.165, 1.54) is 18.2 Å². The van der Waals surface area contributed by atoms with E-state index in [-0.39, 0.29) is 5.82 Å². The van der Waals surface area contributed by atoms with E-state index in [0.29, 0.717) is 23.9 Å². The van der Waals surface area contributed by atoms with Crippen molar-refractivity contribution >= 4 is 0 Å². The number of hydrogen-bond acceptors (Lipinski definition) is 2. The molecular formula is C14H19FN2. The third-order valence-corrected chi connectivity index (χ3v) is 3.11. The van der Waals surface area contributed by atoms with Gasteiger partial charge in [-0.15, -0.1) is 0 Å². The molecule has 1 aromatic rings. The zero-order valence-corrected chi connectivity index (χ0v) is 10.6. The average molecular weight is 234 g/mol. The third-order valence-electron chi connectivity index (χ3n) is 3.11. The normalized spacial score (nSPS) is 12.5. The number of nitrogens with one attached hydrogen (secondary N) is 1. The van der Waals surface area contributed by atoms with Gasteiger partial charge in [0.15, 0.2) is 0 Å². The maximum atomic E-state index is 13.1. The van der Waals surface area contributed by atoms with Crippen LogP contribution in [0, 0.1) is 29.0 Å². The van der Waals surface area contributed by atoms with Gasteiger partial charge in [-0.25, -0.2) is 4.39 Å². The molecule has 0 aliphatic rings. The van der Waals surface area contributed by atoms with Gasteiger partial charge in [-0.05, 0) is 42.1 Å². The highest BCUT2D eigenvalue weighted by Gasteiger charge is 2.07. The minimum absolute atomic E-state index is 0.294. The fraction of sp³-hybridized carbons (Fsp3) is 0.500. The highest BCUT2D eigenvalue weighted by Crippen LogP contribution is 2.11. The standard InChI is InChI=1S/C14H19FN2/c1-10(2)11(3)8-17-9-13-6-14(15)5-4-12(13)7-16/h4-6,10-11,17H,8-9H2,1-3H3. The fourth-order valence-electron chi connectivity index (χ4n) is 1.49. The van der Waals surface area contributed by atoms with Crippen LogP contribution in [0.4, 0.5) is 4.39 Å². The Labute approximate surface area is 102 Å². The first-order chi connectivity index (χ1) is 8.04. The Bertz CT molecular complexity index is 407. The van der Waals surface area contributed by atoms with Gasteiger partial charge in [0.2, 0.25) is 0 Å². The van der Waals surface area contributed by atoms with Crippen LogP contribution in [0.1, 0.15) is 31.9 Å². The van der Waals surface area contributed by atoms with Crippen molar-refractivity contribution in [2.45, 2.75) is 27.3 Å². The van der Waals surface area contributed by atoms with Crippen molar-refractivity contribution in [2.75, 3.05) is 6.54 Å². The van der Waals surface area contributed by atoms with Crippen molar-refractivity contribution in [3.8, 4) is 6.07 Å². The number of rotatable bonds is 5. The molecule has 92 valence electrons. The summed E-state index contributed by atoms with van der Waals surface area (Å²) in [5.74, 6) is 0.886. The summed E-state index contributed by atoms with van der Waals surface area (Å²) in [5, 5.41) is 12.2. The molecule has 0 bridgehead atoms. The number of halogens is 1. The van der Waals surface area contributed by atoms with E-state index in [4.69, 9.17) is 5.26 Å². The molecule has 0 saturated heterocycles. The summed E-state index contributed by atoms with van der Waals surface area (Å²) in [6, 6.07) is 6.34. The Kier molecular flexibility index (Phi) is 5.11. The second-order valence-electron chi connectivity index (χ2n) is 4.77. The highest BCUT2D eigenvalue weighted by atomic mass is 19.1. The van der Waals surface area contributed by atoms with Crippen LogP contribution in [-0.2, 0) is 6.54 Å². The minimum atomic E-state index is -0.294. The molecule has 0 saturated carbocycles. The second-order valence-corrected chi connectivity index (χ2v) is 4.77. The topological polar surface area (TPSA) is 35.8 Å². The number of nitrogens with zero attached hydrogens (tertiary/aromatic N) is 1. The fourth-order valence-corrected chi connectivity index (χ4v) is 1.49. The summed E-state index contributed by atoms with van der Waals surface area (Å²) < 4.78 is 13.1. The van der Waals surface area contributed by atoms with Crippen LogP contribution in [0.3, 0.4) is 0 Å². The van der Waals surface area contributed by atoms with E-state index < -0.39 is 0 Å². The lowest BCUT2D eigenvalue weighted by molar-refractivity contribution is 0.392. The summed E-state index contributed by atoms with van der Waals surface area (Å²) in [6.07, 6.45) is 0. The van der Waals surface area contributed by atoms with Crippen LogP contribution in [0.5, 0.6) is 0 Å². The molecule has 17 heavy (non-hydrogen) atoms. The van der Waals surface area contributed by atoms with Gasteiger partial charge in [-0.1, -0.05) is 20.8 Å². The predicted molar refractivity (Wildman–Crippen MR) is 66.8 cm³/mol. The Morgan fingerprint density at radius 1 is 1.35 bits per heavy atom. The van der Waals surface area contributed by atoms with Crippen LogP contribution in [0.25, 0.3) is 0 Å². The zero-order valence-electron chi connectivity index (χ0n) is 10.6. The van der Waals surface area contributed by atoms with Gasteiger partial charge in [-0.3, -0.25) is 0 Å². The van der Waals surface area contributed by atoms with Crippen molar-refractivity contribution in [1.29, 1.82) is 5.26 Å². The van der Waals surface area contributed by atoms with E-state index in [9.17, 15) is 4.39 Å². The van der Waals surface area contributed by atoms with Crippen molar-refractivity contribution in [3.63, 3.8) is 0 Å². The molecule has 0 fully saturated rings. The molecule has 2 nitrogen and oxygen atoms in total. The quantitative estimate of drug-likeness (QED) is 0.849. The number of benzene rings is 1. The maximum absolute atomic E-state index is 13.1. The highest BCUT2D eigenvalue weighted by molar-refractivity contribution is 5.37. The molecule has 0 amide bonds. The van der Waals surface area contributed by atoms with Crippen molar-refractivity contribution in [1.82, 2.24) is 5.32 Å². The van der Waals surface area contributed by atoms with Crippen LogP contribution < -0.4 is 5.32 Å². The first kappa shape index (κ1) is 13.7. The van der Waals surface area contributed by atoms with Crippen LogP contribution >= 0.6 is 0 Å². The molecule has 3 heteroatoms. The van der Waals surface area contributed by atoms with Gasteiger partial charge < -0.3 is 5.32 Å². The van der Waals surface area contributed by atoms with Crippen LogP contribution in [0.2, 0.25) is 0 Å². The molecule has 0 spiro atoms. The Morgan fingerprint density at radius 3 is 2.65 bits per heavy atom. The largest absolute Gasteiger partial charge is 0.312 e. The van der Waals surface area contributed by atoms with E-state index in [1.54, 1.807) is 0 Å². The number of nitriles is 1. The zero-order chi connectivity index (χ0) is 12.8.